The van der Waals surface area contributed by atoms with Crippen molar-refractivity contribution in [3.8, 4) is 57.8 Å². The molecule has 0 bridgehead atoms. The van der Waals surface area contributed by atoms with E-state index in [4.69, 9.17) is 23.7 Å². The maximum Gasteiger partial charge on any atom is 0.339 e. The highest BCUT2D eigenvalue weighted by molar-refractivity contribution is 5.92. The molecule has 6 atom stereocenters. The van der Waals surface area contributed by atoms with Crippen molar-refractivity contribution in [1.29, 1.82) is 5.26 Å². The van der Waals surface area contributed by atoms with Gasteiger partial charge in [-0.3, -0.25) is 0 Å². The Bertz CT molecular complexity index is 2050. The molecule has 1 fully saturated rings. The third kappa shape index (κ3) is 8.00. The van der Waals surface area contributed by atoms with E-state index >= 15 is 0 Å². The highest BCUT2D eigenvalue weighted by Gasteiger charge is 2.52. The highest BCUT2D eigenvalue weighted by Crippen LogP contribution is 2.39. The van der Waals surface area contributed by atoms with Gasteiger partial charge in [-0.15, -0.1) is 0 Å². The summed E-state index contributed by atoms with van der Waals surface area (Å²) < 4.78 is 27.9. The van der Waals surface area contributed by atoms with E-state index in [0.29, 0.717) is 24.3 Å². The van der Waals surface area contributed by atoms with Crippen molar-refractivity contribution in [2.24, 2.45) is 0 Å². The molecule has 10 N–H and O–H groups in total. The lowest BCUT2D eigenvalue weighted by Crippen LogP contribution is -2.62. The smallest absolute Gasteiger partial charge is 0.339 e. The first-order valence-electron chi connectivity index (χ1n) is 15.4. The summed E-state index contributed by atoms with van der Waals surface area (Å²) in [4.78, 5) is 39.7. The van der Waals surface area contributed by atoms with Gasteiger partial charge in [-0.05, 0) is 42.0 Å². The molecular weight excluding hydrogens is 722 g/mol. The zero-order chi connectivity index (χ0) is 39.4. The van der Waals surface area contributed by atoms with Crippen LogP contribution in [0, 0.1) is 11.3 Å². The Labute approximate surface area is 302 Å². The minimum Gasteiger partial charge on any atom is -0.504 e. The average molecular weight is 752 g/mol. The van der Waals surface area contributed by atoms with E-state index in [-0.39, 0.29) is 5.56 Å². The standard InChI is InChI=1S/C35H29NO18/c36-12-24(14-4-2-1-3-5-14)51-35-31(54-34(49)17-10-22(41)28(45)23(42)11-17)30(53-33(48)16-8-20(39)27(44)21(40)9-16)29(46)25(52-35)13-50-32(47)15-6-18(37)26(43)19(38)7-15/h1-11,24-25,29-31,35,37-46H,13H2/t24-,25+,29+,30-,31+,35+/m0/s1. The number of rotatable bonds is 10. The maximum atomic E-state index is 13.4. The van der Waals surface area contributed by atoms with Gasteiger partial charge in [0, 0.05) is 0 Å². The Kier molecular flexibility index (Phi) is 11.0. The molecule has 5 rings (SSSR count). The third-order valence-corrected chi connectivity index (χ3v) is 7.89. The largest absolute Gasteiger partial charge is 0.504 e. The Hall–Kier alpha value is -7.14. The molecule has 4 aromatic carbocycles. The van der Waals surface area contributed by atoms with Crippen LogP contribution in [0.3, 0.4) is 0 Å². The molecule has 0 spiro atoms. The van der Waals surface area contributed by atoms with E-state index in [0.717, 1.165) is 12.1 Å². The van der Waals surface area contributed by atoms with Gasteiger partial charge in [0.15, 0.2) is 70.1 Å². The zero-order valence-electron chi connectivity index (χ0n) is 27.2. The van der Waals surface area contributed by atoms with E-state index < -0.39 is 130 Å². The molecule has 0 amide bonds. The quantitative estimate of drug-likeness (QED) is 0.0629. The molecule has 0 aromatic heterocycles. The van der Waals surface area contributed by atoms with Crippen LogP contribution in [0.2, 0.25) is 0 Å². The van der Waals surface area contributed by atoms with E-state index in [1.54, 1.807) is 18.2 Å². The van der Waals surface area contributed by atoms with Crippen LogP contribution in [0.25, 0.3) is 0 Å². The fourth-order valence-corrected chi connectivity index (χ4v) is 5.13. The van der Waals surface area contributed by atoms with Gasteiger partial charge in [-0.2, -0.15) is 5.26 Å². The van der Waals surface area contributed by atoms with Gasteiger partial charge in [0.25, 0.3) is 0 Å². The summed E-state index contributed by atoms with van der Waals surface area (Å²) in [6.07, 6.45) is -11.6. The number of ether oxygens (including phenoxy) is 5. The molecular formula is C35H29NO18. The summed E-state index contributed by atoms with van der Waals surface area (Å²) >= 11 is 0. The van der Waals surface area contributed by atoms with Crippen LogP contribution >= 0.6 is 0 Å². The number of hydrogen-bond acceptors (Lipinski definition) is 19. The predicted octanol–water partition coefficient (Wildman–Crippen LogP) is 2.01. The third-order valence-electron chi connectivity index (χ3n) is 7.89. The van der Waals surface area contributed by atoms with Crippen molar-refractivity contribution in [2.75, 3.05) is 6.61 Å². The van der Waals surface area contributed by atoms with Crippen molar-refractivity contribution >= 4 is 17.9 Å². The lowest BCUT2D eigenvalue weighted by molar-refractivity contribution is -0.306. The number of benzene rings is 4. The predicted molar refractivity (Wildman–Crippen MR) is 174 cm³/mol. The van der Waals surface area contributed by atoms with E-state index in [1.165, 1.54) is 12.1 Å². The van der Waals surface area contributed by atoms with Crippen LogP contribution in [0.1, 0.15) is 42.7 Å². The number of carbonyl (C=O) groups is 3. The monoisotopic (exact) mass is 751 g/mol. The van der Waals surface area contributed by atoms with E-state index in [1.807, 2.05) is 6.07 Å². The molecule has 54 heavy (non-hydrogen) atoms. The number of aliphatic hydroxyl groups excluding tert-OH is 1. The Morgan fingerprint density at radius 2 is 1.06 bits per heavy atom. The van der Waals surface area contributed by atoms with Gasteiger partial charge in [-0.1, -0.05) is 30.3 Å². The molecule has 0 saturated carbocycles. The van der Waals surface area contributed by atoms with Gasteiger partial charge >= 0.3 is 17.9 Å². The molecule has 0 aliphatic carbocycles. The number of nitriles is 1. The lowest BCUT2D eigenvalue weighted by Gasteiger charge is -2.43. The maximum absolute atomic E-state index is 13.4. The summed E-state index contributed by atoms with van der Waals surface area (Å²) in [5.74, 6) is -12.5. The molecule has 1 saturated heterocycles. The number of hydrogen-bond donors (Lipinski definition) is 10. The lowest BCUT2D eigenvalue weighted by atomic mass is 9.98. The van der Waals surface area contributed by atoms with Gasteiger partial charge in [-0.25, -0.2) is 14.4 Å². The number of esters is 3. The summed E-state index contributed by atoms with van der Waals surface area (Å²) in [6, 6.07) is 13.8. The van der Waals surface area contributed by atoms with E-state index in [2.05, 4.69) is 0 Å². The van der Waals surface area contributed by atoms with Crippen molar-refractivity contribution in [1.82, 2.24) is 0 Å². The molecule has 1 heterocycles. The minimum atomic E-state index is -2.13. The average Bonchev–Trinajstić information content (AvgIpc) is 3.14. The van der Waals surface area contributed by atoms with Gasteiger partial charge in [0.1, 0.15) is 18.8 Å². The SMILES string of the molecule is N#C[C@H](O[C@@H]1O[C@H](COC(=O)c2cc(O)c(O)c(O)c2)[C@@H](O)[C@H](OC(=O)c2cc(O)c(O)c(O)c2)[C@H]1OC(=O)c1cc(O)c(O)c(O)c1)c1ccccc1. The fourth-order valence-electron chi connectivity index (χ4n) is 5.13. The molecule has 1 aliphatic heterocycles. The van der Waals surface area contributed by atoms with Crippen LogP contribution < -0.4 is 0 Å². The van der Waals surface area contributed by atoms with E-state index in [9.17, 15) is 70.7 Å². The molecule has 1 aliphatic rings. The second kappa shape index (κ2) is 15.6. The Morgan fingerprint density at radius 3 is 1.48 bits per heavy atom. The van der Waals surface area contributed by atoms with Crippen LogP contribution in [0.4, 0.5) is 0 Å². The molecule has 0 unspecified atom stereocenters. The number of carbonyl (C=O) groups excluding carboxylic acids is 3. The summed E-state index contributed by atoms with van der Waals surface area (Å²) in [6.45, 7) is -0.917. The number of phenolic OH excluding ortho intramolecular Hbond substituents is 9. The van der Waals surface area contributed by atoms with Crippen LogP contribution in [-0.2, 0) is 23.7 Å². The van der Waals surface area contributed by atoms with Gasteiger partial charge in [0.2, 0.25) is 6.29 Å². The van der Waals surface area contributed by atoms with Crippen molar-refractivity contribution in [3.63, 3.8) is 0 Å². The first-order chi connectivity index (χ1) is 25.6. The first kappa shape index (κ1) is 38.1. The van der Waals surface area contributed by atoms with Gasteiger partial charge in [0.05, 0.1) is 22.8 Å². The van der Waals surface area contributed by atoms with Crippen LogP contribution in [-0.4, -0.2) is 106 Å². The Balaban J connectivity index is 1.54. The normalized spacial score (nSPS) is 19.9. The number of aromatic hydroxyl groups is 9. The van der Waals surface area contributed by atoms with Crippen LogP contribution in [0.5, 0.6) is 51.7 Å². The number of aliphatic hydroxyl groups is 1. The molecule has 4 aromatic rings. The molecule has 282 valence electrons. The topological polar surface area (TPSA) is 323 Å². The number of nitrogens with zero attached hydrogens (tertiary/aromatic N) is 1. The summed E-state index contributed by atoms with van der Waals surface area (Å²) in [5, 5.41) is 110. The Morgan fingerprint density at radius 1 is 0.648 bits per heavy atom. The fraction of sp³-hybridized carbons (Fsp3) is 0.200. The second-order valence-corrected chi connectivity index (χ2v) is 11.5. The number of phenols is 9. The van der Waals surface area contributed by atoms with Crippen molar-refractivity contribution in [3.05, 3.63) is 89.0 Å². The van der Waals surface area contributed by atoms with Crippen LogP contribution in [0.15, 0.2) is 66.7 Å². The molecule has 19 heteroatoms. The minimum absolute atomic E-state index is 0.242. The highest BCUT2D eigenvalue weighted by atomic mass is 16.7. The zero-order valence-corrected chi connectivity index (χ0v) is 27.2. The summed E-state index contributed by atoms with van der Waals surface area (Å²) in [5.41, 5.74) is -1.43. The summed E-state index contributed by atoms with van der Waals surface area (Å²) in [7, 11) is 0. The van der Waals surface area contributed by atoms with Crippen molar-refractivity contribution < 1.29 is 89.1 Å². The first-order valence-corrected chi connectivity index (χ1v) is 15.4. The second-order valence-electron chi connectivity index (χ2n) is 11.5. The van der Waals surface area contributed by atoms with Crippen molar-refractivity contribution in [2.45, 2.75) is 36.8 Å². The molecule has 0 radical (unpaired) electrons. The molecule has 19 nitrogen and oxygen atoms in total. The van der Waals surface area contributed by atoms with Gasteiger partial charge < -0.3 is 74.7 Å².